The maximum atomic E-state index is 5.88. The highest BCUT2D eigenvalue weighted by molar-refractivity contribution is 14.0. The third kappa shape index (κ3) is 6.33. The number of rotatable bonds is 4. The Morgan fingerprint density at radius 1 is 1.30 bits per heavy atom. The van der Waals surface area contributed by atoms with Gasteiger partial charge in [-0.05, 0) is 65.8 Å². The number of nitrogens with one attached hydrogen (secondary N) is 2. The van der Waals surface area contributed by atoms with E-state index < -0.39 is 0 Å². The molecule has 0 radical (unpaired) electrons. The molecular formula is C17H31IN4O. The van der Waals surface area contributed by atoms with Crippen molar-refractivity contribution in [3.63, 3.8) is 0 Å². The van der Waals surface area contributed by atoms with Gasteiger partial charge in [-0.25, -0.2) is 0 Å². The molecule has 0 bridgehead atoms. The molecule has 0 aliphatic carbocycles. The van der Waals surface area contributed by atoms with E-state index in [1.54, 1.807) is 0 Å². The van der Waals surface area contributed by atoms with Crippen LogP contribution in [0.1, 0.15) is 51.2 Å². The Hall–Kier alpha value is -0.760. The minimum absolute atomic E-state index is 0. The average Bonchev–Trinajstić information content (AvgIpc) is 3.08. The SMILES string of the molecule is CN=C(NCC(c1ccc(C)o1)N1CCCC1)NC(C)(C)C.I. The van der Waals surface area contributed by atoms with Gasteiger partial charge in [-0.2, -0.15) is 0 Å². The quantitative estimate of drug-likeness (QED) is 0.434. The van der Waals surface area contributed by atoms with Gasteiger partial charge in [0.1, 0.15) is 11.5 Å². The zero-order valence-corrected chi connectivity index (χ0v) is 17.3. The molecule has 0 saturated carbocycles. The predicted octanol–water partition coefficient (Wildman–Crippen LogP) is 3.31. The van der Waals surface area contributed by atoms with Gasteiger partial charge in [-0.15, -0.1) is 24.0 Å². The fourth-order valence-corrected chi connectivity index (χ4v) is 2.82. The lowest BCUT2D eigenvalue weighted by atomic mass is 10.1. The van der Waals surface area contributed by atoms with Crippen LogP contribution in [0.4, 0.5) is 0 Å². The van der Waals surface area contributed by atoms with Crippen LogP contribution in [-0.2, 0) is 0 Å². The van der Waals surface area contributed by atoms with E-state index in [9.17, 15) is 0 Å². The minimum atomic E-state index is -0.00768. The second-order valence-electron chi connectivity index (χ2n) is 7.04. The van der Waals surface area contributed by atoms with Crippen LogP contribution in [0.15, 0.2) is 21.5 Å². The average molecular weight is 434 g/mol. The lowest BCUT2D eigenvalue weighted by Crippen LogP contribution is -2.49. The van der Waals surface area contributed by atoms with Crippen LogP contribution >= 0.6 is 24.0 Å². The van der Waals surface area contributed by atoms with Crippen LogP contribution in [-0.4, -0.2) is 43.1 Å². The Labute approximate surface area is 157 Å². The van der Waals surface area contributed by atoms with Gasteiger partial charge in [-0.1, -0.05) is 0 Å². The highest BCUT2D eigenvalue weighted by Gasteiger charge is 2.26. The molecule has 5 nitrogen and oxygen atoms in total. The minimum Gasteiger partial charge on any atom is -0.465 e. The van der Waals surface area contributed by atoms with Crippen LogP contribution in [0.25, 0.3) is 0 Å². The zero-order valence-electron chi connectivity index (χ0n) is 15.0. The Bertz CT molecular complexity index is 501. The topological polar surface area (TPSA) is 52.8 Å². The second kappa shape index (κ2) is 8.92. The Balaban J connectivity index is 0.00000264. The van der Waals surface area contributed by atoms with Crippen LogP contribution in [0.5, 0.6) is 0 Å². The van der Waals surface area contributed by atoms with Crippen LogP contribution in [0.3, 0.4) is 0 Å². The summed E-state index contributed by atoms with van der Waals surface area (Å²) in [6.45, 7) is 11.5. The van der Waals surface area contributed by atoms with Crippen molar-refractivity contribution in [1.82, 2.24) is 15.5 Å². The van der Waals surface area contributed by atoms with Gasteiger partial charge < -0.3 is 15.1 Å². The first kappa shape index (κ1) is 20.3. The van der Waals surface area contributed by atoms with Gasteiger partial charge in [0.2, 0.25) is 0 Å². The Kier molecular flexibility index (Phi) is 7.86. The van der Waals surface area contributed by atoms with Crippen molar-refractivity contribution in [3.8, 4) is 0 Å². The van der Waals surface area contributed by atoms with Crippen molar-refractivity contribution >= 4 is 29.9 Å². The maximum Gasteiger partial charge on any atom is 0.191 e. The van der Waals surface area contributed by atoms with Gasteiger partial charge in [0, 0.05) is 19.1 Å². The molecule has 1 aliphatic heterocycles. The van der Waals surface area contributed by atoms with Crippen molar-refractivity contribution in [2.24, 2.45) is 4.99 Å². The first-order valence-electron chi connectivity index (χ1n) is 8.18. The van der Waals surface area contributed by atoms with E-state index in [0.29, 0.717) is 0 Å². The fourth-order valence-electron chi connectivity index (χ4n) is 2.82. The van der Waals surface area contributed by atoms with E-state index in [1.165, 1.54) is 12.8 Å². The smallest absolute Gasteiger partial charge is 0.191 e. The predicted molar refractivity (Wildman–Crippen MR) is 107 cm³/mol. The molecule has 23 heavy (non-hydrogen) atoms. The summed E-state index contributed by atoms with van der Waals surface area (Å²) in [6.07, 6.45) is 2.54. The van der Waals surface area contributed by atoms with E-state index >= 15 is 0 Å². The second-order valence-corrected chi connectivity index (χ2v) is 7.04. The summed E-state index contributed by atoms with van der Waals surface area (Å²) in [7, 11) is 1.81. The molecule has 1 aromatic heterocycles. The number of hydrogen-bond donors (Lipinski definition) is 2. The lowest BCUT2D eigenvalue weighted by molar-refractivity contribution is 0.213. The van der Waals surface area contributed by atoms with Gasteiger partial charge in [0.25, 0.3) is 0 Å². The highest BCUT2D eigenvalue weighted by atomic mass is 127. The molecule has 0 spiro atoms. The summed E-state index contributed by atoms with van der Waals surface area (Å²) >= 11 is 0. The number of likely N-dealkylation sites (tertiary alicyclic amines) is 1. The molecule has 6 heteroatoms. The van der Waals surface area contributed by atoms with Gasteiger partial charge in [0.05, 0.1) is 6.04 Å². The number of hydrogen-bond acceptors (Lipinski definition) is 3. The molecule has 2 rings (SSSR count). The van der Waals surface area contributed by atoms with Crippen LogP contribution < -0.4 is 10.6 Å². The van der Waals surface area contributed by atoms with Crippen LogP contribution in [0, 0.1) is 6.92 Å². The molecule has 1 aromatic rings. The number of guanidine groups is 1. The highest BCUT2D eigenvalue weighted by Crippen LogP contribution is 2.26. The van der Waals surface area contributed by atoms with Crippen molar-refractivity contribution in [2.45, 2.75) is 52.1 Å². The largest absolute Gasteiger partial charge is 0.465 e. The molecule has 1 aliphatic rings. The number of aliphatic imine (C=N–C) groups is 1. The summed E-state index contributed by atoms with van der Waals surface area (Å²) in [5, 5.41) is 6.85. The third-order valence-electron chi connectivity index (χ3n) is 3.85. The standard InChI is InChI=1S/C17H30N4O.HI/c1-13-8-9-15(22-13)14(21-10-6-7-11-21)12-19-16(18-5)20-17(2,3)4;/h8-9,14H,6-7,10-12H2,1-5H3,(H2,18,19,20);1H. The lowest BCUT2D eigenvalue weighted by Gasteiger charge is -2.29. The normalized spacial score (nSPS) is 17.7. The number of aryl methyl sites for hydroxylation is 1. The molecule has 2 N–H and O–H groups in total. The Morgan fingerprint density at radius 2 is 1.96 bits per heavy atom. The summed E-state index contributed by atoms with van der Waals surface area (Å²) in [5.41, 5.74) is -0.00768. The Morgan fingerprint density at radius 3 is 2.43 bits per heavy atom. The molecule has 132 valence electrons. The fraction of sp³-hybridized carbons (Fsp3) is 0.706. The maximum absolute atomic E-state index is 5.88. The molecular weight excluding hydrogens is 403 g/mol. The molecule has 0 aromatic carbocycles. The first-order valence-corrected chi connectivity index (χ1v) is 8.18. The first-order chi connectivity index (χ1) is 10.4. The molecule has 0 amide bonds. The summed E-state index contributed by atoms with van der Waals surface area (Å²) in [5.74, 6) is 2.84. The van der Waals surface area contributed by atoms with E-state index in [1.807, 2.05) is 20.0 Å². The van der Waals surface area contributed by atoms with Gasteiger partial charge in [-0.3, -0.25) is 9.89 Å². The van der Waals surface area contributed by atoms with E-state index in [0.717, 1.165) is 37.1 Å². The van der Waals surface area contributed by atoms with E-state index in [2.05, 4.69) is 47.4 Å². The number of nitrogens with zero attached hydrogens (tertiary/aromatic N) is 2. The molecule has 2 heterocycles. The summed E-state index contributed by atoms with van der Waals surface area (Å²) < 4.78 is 5.88. The molecule has 1 saturated heterocycles. The van der Waals surface area contributed by atoms with Crippen molar-refractivity contribution in [2.75, 3.05) is 26.7 Å². The number of furan rings is 1. The van der Waals surface area contributed by atoms with Crippen molar-refractivity contribution < 1.29 is 4.42 Å². The monoisotopic (exact) mass is 434 g/mol. The van der Waals surface area contributed by atoms with E-state index in [4.69, 9.17) is 4.42 Å². The van der Waals surface area contributed by atoms with Crippen LogP contribution in [0.2, 0.25) is 0 Å². The van der Waals surface area contributed by atoms with Crippen molar-refractivity contribution in [3.05, 3.63) is 23.7 Å². The van der Waals surface area contributed by atoms with Crippen molar-refractivity contribution in [1.29, 1.82) is 0 Å². The molecule has 1 atom stereocenters. The summed E-state index contributed by atoms with van der Waals surface area (Å²) in [4.78, 5) is 6.81. The number of halogens is 1. The third-order valence-corrected chi connectivity index (χ3v) is 3.85. The summed E-state index contributed by atoms with van der Waals surface area (Å²) in [6, 6.07) is 4.40. The molecule has 1 fully saturated rings. The van der Waals surface area contributed by atoms with E-state index in [-0.39, 0.29) is 35.6 Å². The molecule has 1 unspecified atom stereocenters. The van der Waals surface area contributed by atoms with Gasteiger partial charge >= 0.3 is 0 Å². The van der Waals surface area contributed by atoms with Gasteiger partial charge in [0.15, 0.2) is 5.96 Å². The zero-order chi connectivity index (χ0) is 16.2.